The van der Waals surface area contributed by atoms with Crippen LogP contribution in [0.3, 0.4) is 0 Å². The lowest BCUT2D eigenvalue weighted by molar-refractivity contribution is -0.137. The molecule has 4 heterocycles. The van der Waals surface area contributed by atoms with Crippen LogP contribution in [0, 0.1) is 11.7 Å². The molecular weight excluding hydrogens is 390 g/mol. The van der Waals surface area contributed by atoms with Crippen LogP contribution in [0.25, 0.3) is 17.0 Å². The summed E-state index contributed by atoms with van der Waals surface area (Å²) < 4.78 is 55.0. The van der Waals surface area contributed by atoms with E-state index in [0.717, 1.165) is 12.3 Å². The highest BCUT2D eigenvalue weighted by atomic mass is 19.4. The van der Waals surface area contributed by atoms with Gasteiger partial charge in [-0.1, -0.05) is 0 Å². The predicted molar refractivity (Wildman–Crippen MR) is 97.5 cm³/mol. The molecule has 6 nitrogen and oxygen atoms in total. The minimum absolute atomic E-state index is 0.0374. The number of primary amides is 1. The molecule has 0 aromatic carbocycles. The summed E-state index contributed by atoms with van der Waals surface area (Å²) in [5.41, 5.74) is 5.44. The maximum atomic E-state index is 14.5. The summed E-state index contributed by atoms with van der Waals surface area (Å²) in [4.78, 5) is 21.6. The second kappa shape index (κ2) is 7.02. The Kier molecular flexibility index (Phi) is 4.64. The van der Waals surface area contributed by atoms with Gasteiger partial charge in [0.1, 0.15) is 5.65 Å². The van der Waals surface area contributed by atoms with Gasteiger partial charge in [-0.05, 0) is 37.1 Å². The van der Waals surface area contributed by atoms with E-state index in [0.29, 0.717) is 30.7 Å². The second-order valence-electron chi connectivity index (χ2n) is 6.98. The molecule has 1 saturated heterocycles. The van der Waals surface area contributed by atoms with E-state index >= 15 is 0 Å². The number of imidazole rings is 1. The molecule has 152 valence electrons. The molecule has 1 fully saturated rings. The number of halogens is 4. The van der Waals surface area contributed by atoms with Gasteiger partial charge in [0.2, 0.25) is 5.91 Å². The van der Waals surface area contributed by atoms with Crippen LogP contribution in [0.15, 0.2) is 36.7 Å². The summed E-state index contributed by atoms with van der Waals surface area (Å²) in [5, 5.41) is 0. The van der Waals surface area contributed by atoms with Crippen molar-refractivity contribution in [2.75, 3.05) is 18.0 Å². The van der Waals surface area contributed by atoms with E-state index in [1.54, 1.807) is 4.90 Å². The Morgan fingerprint density at radius 2 is 2.00 bits per heavy atom. The van der Waals surface area contributed by atoms with Gasteiger partial charge in [-0.25, -0.2) is 14.4 Å². The SMILES string of the molecule is NC(=O)C1CCCN(c2nc(-c3cnc4ccc(C(F)(F)F)cn34)ccc2F)C1. The van der Waals surface area contributed by atoms with E-state index < -0.39 is 29.4 Å². The molecule has 1 unspecified atom stereocenters. The molecule has 0 aliphatic carbocycles. The number of nitrogens with zero attached hydrogens (tertiary/aromatic N) is 4. The van der Waals surface area contributed by atoms with Crippen molar-refractivity contribution in [2.24, 2.45) is 11.7 Å². The number of rotatable bonds is 3. The van der Waals surface area contributed by atoms with E-state index in [-0.39, 0.29) is 18.1 Å². The van der Waals surface area contributed by atoms with E-state index in [1.165, 1.54) is 28.8 Å². The van der Waals surface area contributed by atoms with E-state index in [2.05, 4.69) is 9.97 Å². The fourth-order valence-electron chi connectivity index (χ4n) is 3.54. The summed E-state index contributed by atoms with van der Waals surface area (Å²) in [6, 6.07) is 4.81. The standard InChI is InChI=1S/C19H17F4N5O/c20-13-4-5-14(26-18(13)27-7-1-2-11(9-27)17(24)29)15-8-25-16-6-3-12(10-28(15)16)19(21,22)23/h3-6,8,10-11H,1-2,7,9H2,(H2,24,29). The molecule has 0 saturated carbocycles. The van der Waals surface area contributed by atoms with Gasteiger partial charge >= 0.3 is 6.18 Å². The van der Waals surface area contributed by atoms with Gasteiger partial charge in [0.15, 0.2) is 11.6 Å². The Hall–Kier alpha value is -3.17. The molecule has 2 N–H and O–H groups in total. The first-order valence-electron chi connectivity index (χ1n) is 8.99. The topological polar surface area (TPSA) is 76.5 Å². The number of hydrogen-bond acceptors (Lipinski definition) is 4. The molecule has 0 bridgehead atoms. The summed E-state index contributed by atoms with van der Waals surface area (Å²) in [5.74, 6) is -1.40. The van der Waals surface area contributed by atoms with Crippen LogP contribution in [0.5, 0.6) is 0 Å². The van der Waals surface area contributed by atoms with Crippen molar-refractivity contribution in [1.29, 1.82) is 0 Å². The molecule has 3 aromatic rings. The zero-order chi connectivity index (χ0) is 20.8. The third-order valence-corrected chi connectivity index (χ3v) is 5.05. The number of carbonyl (C=O) groups excluding carboxylic acids is 1. The quantitative estimate of drug-likeness (QED) is 0.677. The van der Waals surface area contributed by atoms with Gasteiger partial charge in [0.05, 0.1) is 29.1 Å². The van der Waals surface area contributed by atoms with Crippen LogP contribution in [-0.2, 0) is 11.0 Å². The van der Waals surface area contributed by atoms with Crippen molar-refractivity contribution < 1.29 is 22.4 Å². The number of piperidine rings is 1. The summed E-state index contributed by atoms with van der Waals surface area (Å²) in [6.07, 6.45) is -0.896. The smallest absolute Gasteiger partial charge is 0.369 e. The van der Waals surface area contributed by atoms with Gasteiger partial charge in [0, 0.05) is 19.3 Å². The van der Waals surface area contributed by atoms with Crippen LogP contribution in [0.1, 0.15) is 18.4 Å². The van der Waals surface area contributed by atoms with Crippen LogP contribution >= 0.6 is 0 Å². The van der Waals surface area contributed by atoms with E-state index in [1.807, 2.05) is 0 Å². The average Bonchev–Trinajstić information content (AvgIpc) is 3.11. The van der Waals surface area contributed by atoms with Crippen LogP contribution in [0.4, 0.5) is 23.4 Å². The maximum absolute atomic E-state index is 14.5. The van der Waals surface area contributed by atoms with Crippen LogP contribution in [-0.4, -0.2) is 33.4 Å². The Morgan fingerprint density at radius 3 is 2.72 bits per heavy atom. The molecule has 0 spiro atoms. The number of anilines is 1. The molecule has 29 heavy (non-hydrogen) atoms. The normalized spacial score (nSPS) is 17.7. The van der Waals surface area contributed by atoms with Crippen molar-refractivity contribution in [2.45, 2.75) is 19.0 Å². The summed E-state index contributed by atoms with van der Waals surface area (Å²) in [6.45, 7) is 0.747. The number of pyridine rings is 2. The zero-order valence-corrected chi connectivity index (χ0v) is 15.2. The highest BCUT2D eigenvalue weighted by Crippen LogP contribution is 2.31. The monoisotopic (exact) mass is 407 g/mol. The van der Waals surface area contributed by atoms with Crippen molar-refractivity contribution in [3.63, 3.8) is 0 Å². The molecule has 0 radical (unpaired) electrons. The van der Waals surface area contributed by atoms with Crippen molar-refractivity contribution in [3.8, 4) is 11.4 Å². The number of aromatic nitrogens is 3. The van der Waals surface area contributed by atoms with Gasteiger partial charge in [-0.2, -0.15) is 13.2 Å². The molecule has 4 rings (SSSR count). The van der Waals surface area contributed by atoms with Crippen LogP contribution < -0.4 is 10.6 Å². The number of fused-ring (bicyclic) bond motifs is 1. The summed E-state index contributed by atoms with van der Waals surface area (Å²) in [7, 11) is 0. The third kappa shape index (κ3) is 3.62. The lowest BCUT2D eigenvalue weighted by atomic mass is 9.97. The lowest BCUT2D eigenvalue weighted by Gasteiger charge is -2.32. The van der Waals surface area contributed by atoms with Crippen molar-refractivity contribution >= 4 is 17.4 Å². The predicted octanol–water partition coefficient (Wildman–Crippen LogP) is 3.26. The fraction of sp³-hybridized carbons (Fsp3) is 0.316. The Morgan fingerprint density at radius 1 is 1.21 bits per heavy atom. The molecule has 1 atom stereocenters. The number of hydrogen-bond donors (Lipinski definition) is 1. The average molecular weight is 407 g/mol. The van der Waals surface area contributed by atoms with E-state index in [4.69, 9.17) is 5.73 Å². The molecule has 1 aliphatic rings. The van der Waals surface area contributed by atoms with E-state index in [9.17, 15) is 22.4 Å². The number of amides is 1. The number of alkyl halides is 3. The van der Waals surface area contributed by atoms with Gasteiger partial charge < -0.3 is 10.6 Å². The first-order chi connectivity index (χ1) is 13.7. The Labute approximate surface area is 163 Å². The molecule has 1 amide bonds. The number of nitrogens with two attached hydrogens (primary N) is 1. The minimum Gasteiger partial charge on any atom is -0.369 e. The zero-order valence-electron chi connectivity index (χ0n) is 15.2. The van der Waals surface area contributed by atoms with Crippen LogP contribution in [0.2, 0.25) is 0 Å². The largest absolute Gasteiger partial charge is 0.417 e. The Balaban J connectivity index is 1.75. The van der Waals surface area contributed by atoms with Crippen molar-refractivity contribution in [3.05, 3.63) is 48.0 Å². The fourth-order valence-corrected chi connectivity index (χ4v) is 3.54. The van der Waals surface area contributed by atoms with Gasteiger partial charge in [0.25, 0.3) is 0 Å². The number of carbonyl (C=O) groups is 1. The highest BCUT2D eigenvalue weighted by molar-refractivity contribution is 5.77. The third-order valence-electron chi connectivity index (χ3n) is 5.05. The first kappa shape index (κ1) is 19.2. The minimum atomic E-state index is -4.51. The Bertz CT molecular complexity index is 1080. The van der Waals surface area contributed by atoms with Gasteiger partial charge in [-0.15, -0.1) is 0 Å². The lowest BCUT2D eigenvalue weighted by Crippen LogP contribution is -2.41. The molecule has 1 aliphatic heterocycles. The highest BCUT2D eigenvalue weighted by Gasteiger charge is 2.31. The summed E-state index contributed by atoms with van der Waals surface area (Å²) >= 11 is 0. The molecular formula is C19H17F4N5O. The molecule has 3 aromatic heterocycles. The molecule has 10 heteroatoms. The second-order valence-corrected chi connectivity index (χ2v) is 6.98. The van der Waals surface area contributed by atoms with Gasteiger partial charge in [-0.3, -0.25) is 9.20 Å². The maximum Gasteiger partial charge on any atom is 0.417 e. The first-order valence-corrected chi connectivity index (χ1v) is 8.99. The van der Waals surface area contributed by atoms with Crippen molar-refractivity contribution in [1.82, 2.24) is 14.4 Å².